The van der Waals surface area contributed by atoms with Gasteiger partial charge < -0.3 is 10.3 Å². The van der Waals surface area contributed by atoms with E-state index in [1.54, 1.807) is 41.5 Å². The first-order valence-electron chi connectivity index (χ1n) is 5.66. The maximum Gasteiger partial charge on any atom is 0.256 e. The molecule has 100 valence electrons. The number of nitrogen functional groups attached to an aromatic ring is 1. The number of nitrogens with zero attached hydrogens (tertiary/aromatic N) is 1. The molecule has 3 N–H and O–H groups in total. The third-order valence-corrected chi connectivity index (χ3v) is 3.78. The summed E-state index contributed by atoms with van der Waals surface area (Å²) in [6, 6.07) is 8.95. The summed E-state index contributed by atoms with van der Waals surface area (Å²) in [5, 5.41) is 2.49. The minimum absolute atomic E-state index is 0.121. The summed E-state index contributed by atoms with van der Waals surface area (Å²) in [6.45, 7) is 0.563. The molecule has 0 radical (unpaired) electrons. The highest BCUT2D eigenvalue weighted by atomic mass is 35.5. The van der Waals surface area contributed by atoms with Crippen LogP contribution in [0.5, 0.6) is 0 Å². The summed E-state index contributed by atoms with van der Waals surface area (Å²) < 4.78 is 0. The van der Waals surface area contributed by atoms with Gasteiger partial charge in [-0.2, -0.15) is 0 Å². The second kappa shape index (κ2) is 6.06. The Morgan fingerprint density at radius 3 is 2.89 bits per heavy atom. The number of thiophene rings is 1. The first-order valence-corrected chi connectivity index (χ1v) is 6.91. The van der Waals surface area contributed by atoms with E-state index in [1.807, 2.05) is 17.5 Å². The van der Waals surface area contributed by atoms with Gasteiger partial charge in [-0.15, -0.1) is 11.3 Å². The number of hydrogen-bond acceptors (Lipinski definition) is 4. The monoisotopic (exact) mass is 295 g/mol. The first-order chi connectivity index (χ1) is 9.11. The second-order valence-electron chi connectivity index (χ2n) is 4.07. The predicted molar refractivity (Wildman–Crippen MR) is 79.4 cm³/mol. The van der Waals surface area contributed by atoms with Crippen LogP contribution < -0.4 is 11.3 Å². The van der Waals surface area contributed by atoms with Crippen LogP contribution in [0.1, 0.15) is 15.2 Å². The Balaban J connectivity index is 2.21. The Bertz CT molecular complexity index is 571. The SMILES string of the molecule is CN(Cc1cccs1)C(=O)c1cc(Cl)ccc1NN. The van der Waals surface area contributed by atoms with E-state index >= 15 is 0 Å². The molecule has 1 heterocycles. The van der Waals surface area contributed by atoms with Crippen molar-refractivity contribution in [2.75, 3.05) is 12.5 Å². The van der Waals surface area contributed by atoms with Crippen molar-refractivity contribution in [1.82, 2.24) is 4.90 Å². The smallest absolute Gasteiger partial charge is 0.256 e. The molecule has 4 nitrogen and oxygen atoms in total. The zero-order valence-corrected chi connectivity index (χ0v) is 12.0. The van der Waals surface area contributed by atoms with Crippen molar-refractivity contribution in [3.8, 4) is 0 Å². The molecule has 0 saturated carbocycles. The molecular formula is C13H14ClN3OS. The molecule has 0 aliphatic carbocycles. The minimum Gasteiger partial charge on any atom is -0.336 e. The second-order valence-corrected chi connectivity index (χ2v) is 5.54. The van der Waals surface area contributed by atoms with Gasteiger partial charge in [-0.1, -0.05) is 17.7 Å². The molecule has 0 fully saturated rings. The number of benzene rings is 1. The quantitative estimate of drug-likeness (QED) is 0.673. The molecule has 0 saturated heterocycles. The molecule has 0 atom stereocenters. The lowest BCUT2D eigenvalue weighted by molar-refractivity contribution is 0.0787. The lowest BCUT2D eigenvalue weighted by Crippen LogP contribution is -2.27. The third kappa shape index (κ3) is 3.26. The molecule has 0 bridgehead atoms. The van der Waals surface area contributed by atoms with E-state index in [0.717, 1.165) is 4.88 Å². The van der Waals surface area contributed by atoms with Crippen LogP contribution in [-0.4, -0.2) is 17.9 Å². The molecule has 0 unspecified atom stereocenters. The van der Waals surface area contributed by atoms with Gasteiger partial charge in [-0.3, -0.25) is 10.6 Å². The molecule has 19 heavy (non-hydrogen) atoms. The van der Waals surface area contributed by atoms with Crippen molar-refractivity contribution in [3.63, 3.8) is 0 Å². The van der Waals surface area contributed by atoms with Crippen LogP contribution >= 0.6 is 22.9 Å². The van der Waals surface area contributed by atoms with E-state index in [2.05, 4.69) is 5.43 Å². The van der Waals surface area contributed by atoms with Gasteiger partial charge in [-0.05, 0) is 29.6 Å². The van der Waals surface area contributed by atoms with Crippen LogP contribution in [0.3, 0.4) is 0 Å². The predicted octanol–water partition coefficient (Wildman–Crippen LogP) is 2.96. The Labute approximate surface area is 120 Å². The fourth-order valence-electron chi connectivity index (χ4n) is 1.73. The van der Waals surface area contributed by atoms with Crippen LogP contribution in [0.25, 0.3) is 0 Å². The van der Waals surface area contributed by atoms with Crippen molar-refractivity contribution in [2.45, 2.75) is 6.54 Å². The summed E-state index contributed by atoms with van der Waals surface area (Å²) in [7, 11) is 1.75. The van der Waals surface area contributed by atoms with Crippen molar-refractivity contribution in [1.29, 1.82) is 0 Å². The number of nitrogens with two attached hydrogens (primary N) is 1. The van der Waals surface area contributed by atoms with Gasteiger partial charge in [-0.25, -0.2) is 0 Å². The number of halogens is 1. The zero-order valence-electron chi connectivity index (χ0n) is 10.4. The summed E-state index contributed by atoms with van der Waals surface area (Å²) in [5.74, 6) is 5.29. The van der Waals surface area contributed by atoms with Gasteiger partial charge >= 0.3 is 0 Å². The summed E-state index contributed by atoms with van der Waals surface area (Å²) in [6.07, 6.45) is 0. The molecule has 0 spiro atoms. The van der Waals surface area contributed by atoms with Crippen LogP contribution in [-0.2, 0) is 6.54 Å². The largest absolute Gasteiger partial charge is 0.336 e. The number of carbonyl (C=O) groups excluding carboxylic acids is 1. The normalized spacial score (nSPS) is 10.3. The van der Waals surface area contributed by atoms with E-state index in [-0.39, 0.29) is 5.91 Å². The van der Waals surface area contributed by atoms with Gasteiger partial charge in [0.05, 0.1) is 17.8 Å². The number of hydrazine groups is 1. The van der Waals surface area contributed by atoms with Crippen LogP contribution in [0.2, 0.25) is 5.02 Å². The number of carbonyl (C=O) groups is 1. The Morgan fingerprint density at radius 1 is 1.47 bits per heavy atom. The third-order valence-electron chi connectivity index (χ3n) is 2.69. The molecular weight excluding hydrogens is 282 g/mol. The zero-order chi connectivity index (χ0) is 13.8. The van der Waals surface area contributed by atoms with Crippen molar-refractivity contribution >= 4 is 34.5 Å². The highest BCUT2D eigenvalue weighted by molar-refractivity contribution is 7.09. The lowest BCUT2D eigenvalue weighted by atomic mass is 10.1. The maximum atomic E-state index is 12.4. The van der Waals surface area contributed by atoms with Crippen molar-refractivity contribution in [2.24, 2.45) is 5.84 Å². The Hall–Kier alpha value is -1.56. The average molecular weight is 296 g/mol. The molecule has 2 rings (SSSR count). The van der Waals surface area contributed by atoms with Gasteiger partial charge in [0.2, 0.25) is 0 Å². The molecule has 1 aromatic heterocycles. The van der Waals surface area contributed by atoms with Crippen LogP contribution in [0.15, 0.2) is 35.7 Å². The number of anilines is 1. The van der Waals surface area contributed by atoms with Gasteiger partial charge in [0.15, 0.2) is 0 Å². The van der Waals surface area contributed by atoms with Gasteiger partial charge in [0.25, 0.3) is 5.91 Å². The average Bonchev–Trinajstić information content (AvgIpc) is 2.90. The van der Waals surface area contributed by atoms with Gasteiger partial charge in [0.1, 0.15) is 0 Å². The molecule has 0 aliphatic heterocycles. The standard InChI is InChI=1S/C13H14ClN3OS/c1-17(8-10-3-2-6-19-10)13(18)11-7-9(14)4-5-12(11)16-15/h2-7,16H,8,15H2,1H3. The van der Waals surface area contributed by atoms with E-state index in [9.17, 15) is 4.79 Å². The van der Waals surface area contributed by atoms with Crippen LogP contribution in [0, 0.1) is 0 Å². The summed E-state index contributed by atoms with van der Waals surface area (Å²) >= 11 is 7.54. The van der Waals surface area contributed by atoms with Crippen molar-refractivity contribution < 1.29 is 4.79 Å². The van der Waals surface area contributed by atoms with Crippen molar-refractivity contribution in [3.05, 3.63) is 51.2 Å². The van der Waals surface area contributed by atoms with E-state index in [1.165, 1.54) is 0 Å². The Morgan fingerprint density at radius 2 is 2.26 bits per heavy atom. The highest BCUT2D eigenvalue weighted by Gasteiger charge is 2.16. The molecule has 1 amide bonds. The Kier molecular flexibility index (Phi) is 4.42. The lowest BCUT2D eigenvalue weighted by Gasteiger charge is -2.18. The minimum atomic E-state index is -0.121. The molecule has 1 aromatic carbocycles. The van der Waals surface area contributed by atoms with E-state index in [0.29, 0.717) is 22.8 Å². The highest BCUT2D eigenvalue weighted by Crippen LogP contribution is 2.22. The van der Waals surface area contributed by atoms with Gasteiger partial charge in [0, 0.05) is 16.9 Å². The fraction of sp³-hybridized carbons (Fsp3) is 0.154. The molecule has 6 heteroatoms. The van der Waals surface area contributed by atoms with Crippen LogP contribution in [0.4, 0.5) is 5.69 Å². The number of amides is 1. The van der Waals surface area contributed by atoms with E-state index in [4.69, 9.17) is 17.4 Å². The fourth-order valence-corrected chi connectivity index (χ4v) is 2.66. The first kappa shape index (κ1) is 13.9. The summed E-state index contributed by atoms with van der Waals surface area (Å²) in [5.41, 5.74) is 3.54. The topological polar surface area (TPSA) is 58.4 Å². The summed E-state index contributed by atoms with van der Waals surface area (Å²) in [4.78, 5) is 15.1. The molecule has 0 aliphatic rings. The number of nitrogens with one attached hydrogen (secondary N) is 1. The number of rotatable bonds is 4. The molecule has 2 aromatic rings. The van der Waals surface area contributed by atoms with E-state index < -0.39 is 0 Å². The maximum absolute atomic E-state index is 12.4. The number of hydrogen-bond donors (Lipinski definition) is 2.